The van der Waals surface area contributed by atoms with Gasteiger partial charge in [0, 0.05) is 38.2 Å². The average Bonchev–Trinajstić information content (AvgIpc) is 3.49. The van der Waals surface area contributed by atoms with E-state index in [1.165, 1.54) is 10.7 Å². The molecular weight excluding hydrogens is 352 g/mol. The third-order valence-electron chi connectivity index (χ3n) is 4.99. The van der Waals surface area contributed by atoms with Gasteiger partial charge < -0.3 is 9.80 Å². The minimum Gasteiger partial charge on any atom is -0.367 e. The Morgan fingerprint density at radius 1 is 1.08 bits per heavy atom. The number of anilines is 1. The van der Waals surface area contributed by atoms with Crippen LogP contribution in [-0.4, -0.2) is 46.8 Å². The molecule has 6 nitrogen and oxygen atoms in total. The van der Waals surface area contributed by atoms with Crippen molar-refractivity contribution in [3.05, 3.63) is 57.5 Å². The topological polar surface area (TPSA) is 58.4 Å². The number of carbonyl (C=O) groups is 1. The number of hydrogen-bond acceptors (Lipinski definition) is 4. The average molecular weight is 373 g/mol. The summed E-state index contributed by atoms with van der Waals surface area (Å²) in [6, 6.07) is 11.0. The van der Waals surface area contributed by atoms with E-state index in [2.05, 4.69) is 10.00 Å². The maximum absolute atomic E-state index is 12.6. The van der Waals surface area contributed by atoms with E-state index in [0.717, 1.165) is 42.3 Å². The summed E-state index contributed by atoms with van der Waals surface area (Å²) in [5.74, 6) is 0.391. The Balaban J connectivity index is 1.39. The maximum Gasteiger partial charge on any atom is 0.267 e. The first-order chi connectivity index (χ1) is 12.6. The van der Waals surface area contributed by atoms with Crippen molar-refractivity contribution in [3.63, 3.8) is 0 Å². The van der Waals surface area contributed by atoms with Gasteiger partial charge in [-0.1, -0.05) is 23.7 Å². The molecule has 1 saturated carbocycles. The van der Waals surface area contributed by atoms with E-state index in [0.29, 0.717) is 19.0 Å². The van der Waals surface area contributed by atoms with Crippen molar-refractivity contribution in [2.45, 2.75) is 25.3 Å². The molecule has 4 rings (SSSR count). The summed E-state index contributed by atoms with van der Waals surface area (Å²) in [6.45, 7) is 2.67. The molecule has 1 aliphatic carbocycles. The predicted molar refractivity (Wildman–Crippen MR) is 101 cm³/mol. The van der Waals surface area contributed by atoms with Gasteiger partial charge in [-0.3, -0.25) is 9.59 Å². The van der Waals surface area contributed by atoms with Gasteiger partial charge in [-0.2, -0.15) is 5.10 Å². The fourth-order valence-corrected chi connectivity index (χ4v) is 3.56. The summed E-state index contributed by atoms with van der Waals surface area (Å²) in [7, 11) is 0. The van der Waals surface area contributed by atoms with Gasteiger partial charge >= 0.3 is 0 Å². The van der Waals surface area contributed by atoms with E-state index >= 15 is 0 Å². The van der Waals surface area contributed by atoms with Gasteiger partial charge in [-0.25, -0.2) is 4.68 Å². The molecule has 2 fully saturated rings. The van der Waals surface area contributed by atoms with Crippen LogP contribution in [0.2, 0.25) is 5.02 Å². The Kier molecular flexibility index (Phi) is 4.68. The fourth-order valence-electron chi connectivity index (χ4n) is 3.31. The molecule has 0 unspecified atom stereocenters. The number of amides is 1. The Morgan fingerprint density at radius 2 is 1.81 bits per heavy atom. The number of para-hydroxylation sites is 1. The van der Waals surface area contributed by atoms with Gasteiger partial charge in [0.25, 0.3) is 5.56 Å². The molecule has 1 amide bonds. The standard InChI is InChI=1S/C19H21ClN4O2/c20-15-3-1-2-4-17(15)22-9-11-23(12-10-22)19(26)13-24-18(25)8-7-16(21-24)14-5-6-14/h1-4,7-8,14H,5-6,9-13H2. The largest absolute Gasteiger partial charge is 0.367 e. The molecular formula is C19H21ClN4O2. The fraction of sp³-hybridized carbons (Fsp3) is 0.421. The molecule has 7 heteroatoms. The monoisotopic (exact) mass is 372 g/mol. The summed E-state index contributed by atoms with van der Waals surface area (Å²) in [4.78, 5) is 28.6. The van der Waals surface area contributed by atoms with E-state index in [1.807, 2.05) is 24.3 Å². The van der Waals surface area contributed by atoms with Crippen molar-refractivity contribution in [1.82, 2.24) is 14.7 Å². The van der Waals surface area contributed by atoms with E-state index in [1.54, 1.807) is 11.0 Å². The SMILES string of the molecule is O=C(Cn1nc(C2CC2)ccc1=O)N1CCN(c2ccccc2Cl)CC1. The Bertz CT molecular complexity index is 870. The summed E-state index contributed by atoms with van der Waals surface area (Å²) >= 11 is 6.26. The Labute approximate surface area is 157 Å². The summed E-state index contributed by atoms with van der Waals surface area (Å²) in [5, 5.41) is 5.09. The van der Waals surface area contributed by atoms with Crippen LogP contribution in [-0.2, 0) is 11.3 Å². The van der Waals surface area contributed by atoms with Crippen molar-refractivity contribution in [2.75, 3.05) is 31.1 Å². The number of aromatic nitrogens is 2. The van der Waals surface area contributed by atoms with E-state index in [9.17, 15) is 9.59 Å². The highest BCUT2D eigenvalue weighted by Crippen LogP contribution is 2.38. The zero-order chi connectivity index (χ0) is 18.1. The highest BCUT2D eigenvalue weighted by Gasteiger charge is 2.27. The lowest BCUT2D eigenvalue weighted by Gasteiger charge is -2.36. The zero-order valence-electron chi connectivity index (χ0n) is 14.5. The lowest BCUT2D eigenvalue weighted by molar-refractivity contribution is -0.132. The van der Waals surface area contributed by atoms with Gasteiger partial charge in [0.2, 0.25) is 5.91 Å². The molecule has 0 spiro atoms. The molecule has 0 bridgehead atoms. The van der Waals surface area contributed by atoms with E-state index < -0.39 is 0 Å². The first-order valence-corrected chi connectivity index (χ1v) is 9.35. The van der Waals surface area contributed by atoms with Crippen LogP contribution in [0, 0.1) is 0 Å². The predicted octanol–water partition coefficient (Wildman–Crippen LogP) is 2.12. The first kappa shape index (κ1) is 17.1. The third kappa shape index (κ3) is 3.60. The summed E-state index contributed by atoms with van der Waals surface area (Å²) < 4.78 is 1.30. The highest BCUT2D eigenvalue weighted by molar-refractivity contribution is 6.33. The number of nitrogens with zero attached hydrogens (tertiary/aromatic N) is 4. The lowest BCUT2D eigenvalue weighted by Crippen LogP contribution is -2.50. The molecule has 2 aliphatic rings. The molecule has 1 saturated heterocycles. The molecule has 0 N–H and O–H groups in total. The molecule has 2 heterocycles. The van der Waals surface area contributed by atoms with Crippen molar-refractivity contribution in [3.8, 4) is 0 Å². The molecule has 1 aromatic carbocycles. The van der Waals surface area contributed by atoms with Crippen LogP contribution in [0.1, 0.15) is 24.5 Å². The second-order valence-electron chi connectivity index (χ2n) is 6.85. The molecule has 0 radical (unpaired) electrons. The third-order valence-corrected chi connectivity index (χ3v) is 5.31. The molecule has 2 aromatic rings. The number of hydrogen-bond donors (Lipinski definition) is 0. The Hall–Kier alpha value is -2.34. The minimum absolute atomic E-state index is 0.00544. The smallest absolute Gasteiger partial charge is 0.267 e. The van der Waals surface area contributed by atoms with Crippen molar-refractivity contribution in [2.24, 2.45) is 0 Å². The van der Waals surface area contributed by atoms with Gasteiger partial charge in [0.1, 0.15) is 6.54 Å². The molecule has 136 valence electrons. The summed E-state index contributed by atoms with van der Waals surface area (Å²) in [6.07, 6.45) is 2.23. The van der Waals surface area contributed by atoms with Crippen LogP contribution < -0.4 is 10.5 Å². The van der Waals surface area contributed by atoms with Crippen LogP contribution in [0.4, 0.5) is 5.69 Å². The highest BCUT2D eigenvalue weighted by atomic mass is 35.5. The van der Waals surface area contributed by atoms with Crippen LogP contribution >= 0.6 is 11.6 Å². The quantitative estimate of drug-likeness (QED) is 0.825. The molecule has 26 heavy (non-hydrogen) atoms. The van der Waals surface area contributed by atoms with Crippen molar-refractivity contribution < 1.29 is 4.79 Å². The van der Waals surface area contributed by atoms with E-state index in [4.69, 9.17) is 11.6 Å². The van der Waals surface area contributed by atoms with Crippen LogP contribution in [0.3, 0.4) is 0 Å². The van der Waals surface area contributed by atoms with Gasteiger partial charge in [0.05, 0.1) is 16.4 Å². The van der Waals surface area contributed by atoms with Crippen LogP contribution in [0.25, 0.3) is 0 Å². The normalized spacial score (nSPS) is 17.4. The number of rotatable bonds is 4. The second-order valence-corrected chi connectivity index (χ2v) is 7.25. The second kappa shape index (κ2) is 7.11. The number of halogens is 1. The molecule has 0 atom stereocenters. The molecule has 1 aliphatic heterocycles. The van der Waals surface area contributed by atoms with Crippen molar-refractivity contribution in [1.29, 1.82) is 0 Å². The zero-order valence-corrected chi connectivity index (χ0v) is 15.2. The van der Waals surface area contributed by atoms with Gasteiger partial charge in [-0.15, -0.1) is 0 Å². The first-order valence-electron chi connectivity index (χ1n) is 8.97. The van der Waals surface area contributed by atoms with Gasteiger partial charge in [0.15, 0.2) is 0 Å². The minimum atomic E-state index is -0.225. The van der Waals surface area contributed by atoms with Gasteiger partial charge in [-0.05, 0) is 31.0 Å². The maximum atomic E-state index is 12.6. The number of carbonyl (C=O) groups excluding carboxylic acids is 1. The summed E-state index contributed by atoms with van der Waals surface area (Å²) in [5.41, 5.74) is 1.69. The van der Waals surface area contributed by atoms with Crippen molar-refractivity contribution >= 4 is 23.2 Å². The van der Waals surface area contributed by atoms with E-state index in [-0.39, 0.29) is 18.0 Å². The lowest BCUT2D eigenvalue weighted by atomic mass is 10.2. The molecule has 1 aromatic heterocycles. The van der Waals surface area contributed by atoms with Crippen LogP contribution in [0.5, 0.6) is 0 Å². The number of piperazine rings is 1. The Morgan fingerprint density at radius 3 is 2.50 bits per heavy atom. The number of benzene rings is 1. The van der Waals surface area contributed by atoms with Crippen LogP contribution in [0.15, 0.2) is 41.2 Å².